The Morgan fingerprint density at radius 2 is 2.04 bits per heavy atom. The molecule has 0 saturated heterocycles. The number of amides is 2. The van der Waals surface area contributed by atoms with Gasteiger partial charge in [-0.15, -0.1) is 21.5 Å². The van der Waals surface area contributed by atoms with E-state index in [1.807, 2.05) is 43.2 Å². The maximum atomic E-state index is 12.7. The summed E-state index contributed by atoms with van der Waals surface area (Å²) in [7, 11) is 0. The van der Waals surface area contributed by atoms with Gasteiger partial charge in [-0.25, -0.2) is 0 Å². The van der Waals surface area contributed by atoms with Crippen molar-refractivity contribution < 1.29 is 14.0 Å². The van der Waals surface area contributed by atoms with Crippen LogP contribution in [0.25, 0.3) is 10.8 Å². The first-order valence-electron chi connectivity index (χ1n) is 9.20. The summed E-state index contributed by atoms with van der Waals surface area (Å²) >= 11 is 1.52. The van der Waals surface area contributed by atoms with Gasteiger partial charge in [0, 0.05) is 13.1 Å². The normalized spacial score (nSPS) is 11.0. The molecule has 8 nitrogen and oxygen atoms in total. The van der Waals surface area contributed by atoms with Crippen LogP contribution >= 0.6 is 11.3 Å². The molecule has 0 bridgehead atoms. The fraction of sp³-hybridized carbons (Fsp3) is 0.556. The topological polar surface area (TPSA) is 91.6 Å². The van der Waals surface area contributed by atoms with Crippen molar-refractivity contribution in [1.82, 2.24) is 25.3 Å². The Hall–Kier alpha value is -2.26. The Labute approximate surface area is 163 Å². The molecule has 0 saturated carbocycles. The summed E-state index contributed by atoms with van der Waals surface area (Å²) in [6.07, 6.45) is 0.820. The SMILES string of the molecule is CCCN(Cc1nnc(-c2cccs2)o1)C(=O)CN(CC)CC(=O)NCC. The van der Waals surface area contributed by atoms with Crippen LogP contribution in [0.5, 0.6) is 0 Å². The number of carbonyl (C=O) groups excluding carboxylic acids is 2. The summed E-state index contributed by atoms with van der Waals surface area (Å²) in [5, 5.41) is 12.8. The number of hydrogen-bond acceptors (Lipinski definition) is 7. The summed E-state index contributed by atoms with van der Waals surface area (Å²) in [5.74, 6) is 0.743. The first-order chi connectivity index (χ1) is 13.1. The van der Waals surface area contributed by atoms with Crippen molar-refractivity contribution in [3.05, 3.63) is 23.4 Å². The monoisotopic (exact) mass is 393 g/mol. The average Bonchev–Trinajstić information content (AvgIpc) is 3.32. The predicted octanol–water partition coefficient (Wildman–Crippen LogP) is 1.99. The Morgan fingerprint density at radius 1 is 1.22 bits per heavy atom. The van der Waals surface area contributed by atoms with E-state index in [4.69, 9.17) is 4.42 Å². The van der Waals surface area contributed by atoms with Crippen LogP contribution in [-0.2, 0) is 16.1 Å². The highest BCUT2D eigenvalue weighted by Crippen LogP contribution is 2.23. The minimum Gasteiger partial charge on any atom is -0.418 e. The average molecular weight is 394 g/mol. The molecule has 0 aliphatic rings. The van der Waals surface area contributed by atoms with E-state index >= 15 is 0 Å². The van der Waals surface area contributed by atoms with Crippen molar-refractivity contribution >= 4 is 23.2 Å². The van der Waals surface area contributed by atoms with Crippen LogP contribution in [0.4, 0.5) is 0 Å². The molecule has 148 valence electrons. The third-order valence-electron chi connectivity index (χ3n) is 3.92. The Morgan fingerprint density at radius 3 is 2.67 bits per heavy atom. The van der Waals surface area contributed by atoms with Crippen LogP contribution in [0.2, 0.25) is 0 Å². The molecule has 2 aromatic heterocycles. The van der Waals surface area contributed by atoms with Crippen molar-refractivity contribution in [2.24, 2.45) is 0 Å². The Kier molecular flexibility index (Phi) is 8.41. The van der Waals surface area contributed by atoms with E-state index in [1.165, 1.54) is 11.3 Å². The van der Waals surface area contributed by atoms with Gasteiger partial charge >= 0.3 is 0 Å². The summed E-state index contributed by atoms with van der Waals surface area (Å²) in [6, 6.07) is 3.84. The molecule has 2 amide bonds. The maximum Gasteiger partial charge on any atom is 0.257 e. The number of thiophene rings is 1. The molecule has 1 N–H and O–H groups in total. The van der Waals surface area contributed by atoms with Crippen LogP contribution < -0.4 is 5.32 Å². The largest absolute Gasteiger partial charge is 0.418 e. The third-order valence-corrected chi connectivity index (χ3v) is 4.78. The number of carbonyl (C=O) groups is 2. The molecule has 0 spiro atoms. The number of hydrogen-bond donors (Lipinski definition) is 1. The molecular formula is C18H27N5O3S. The molecule has 0 aliphatic heterocycles. The third kappa shape index (κ3) is 6.44. The van der Waals surface area contributed by atoms with E-state index < -0.39 is 0 Å². The summed E-state index contributed by atoms with van der Waals surface area (Å²) in [4.78, 5) is 29.0. The van der Waals surface area contributed by atoms with Gasteiger partial charge in [-0.3, -0.25) is 14.5 Å². The summed E-state index contributed by atoms with van der Waals surface area (Å²) in [6.45, 7) is 8.26. The van der Waals surface area contributed by atoms with Crippen LogP contribution in [-0.4, -0.2) is 64.5 Å². The zero-order chi connectivity index (χ0) is 19.6. The quantitative estimate of drug-likeness (QED) is 0.628. The van der Waals surface area contributed by atoms with Gasteiger partial charge in [0.25, 0.3) is 5.89 Å². The molecule has 9 heteroatoms. The van der Waals surface area contributed by atoms with Gasteiger partial charge in [0.2, 0.25) is 17.7 Å². The molecule has 2 rings (SSSR count). The van der Waals surface area contributed by atoms with Gasteiger partial charge in [-0.1, -0.05) is 19.9 Å². The fourth-order valence-electron chi connectivity index (χ4n) is 2.57. The number of rotatable bonds is 11. The van der Waals surface area contributed by atoms with E-state index in [0.717, 1.165) is 11.3 Å². The van der Waals surface area contributed by atoms with Gasteiger partial charge in [0.05, 0.1) is 24.5 Å². The standard InChI is InChI=1S/C18H27N5O3S/c1-4-9-23(17(25)13-22(6-3)11-15(24)19-5-2)12-16-20-21-18(26-16)14-8-7-10-27-14/h7-8,10H,4-6,9,11-13H2,1-3H3,(H,19,24). The van der Waals surface area contributed by atoms with Crippen molar-refractivity contribution in [3.63, 3.8) is 0 Å². The second kappa shape index (κ2) is 10.8. The number of nitrogens with one attached hydrogen (secondary N) is 1. The van der Waals surface area contributed by atoms with Crippen molar-refractivity contribution in [2.45, 2.75) is 33.7 Å². The molecule has 0 atom stereocenters. The van der Waals surface area contributed by atoms with Gasteiger partial charge in [0.15, 0.2) is 0 Å². The highest BCUT2D eigenvalue weighted by molar-refractivity contribution is 7.13. The molecule has 2 heterocycles. The molecule has 27 heavy (non-hydrogen) atoms. The van der Waals surface area contributed by atoms with Crippen LogP contribution in [0, 0.1) is 0 Å². The lowest BCUT2D eigenvalue weighted by Crippen LogP contribution is -2.44. The van der Waals surface area contributed by atoms with Gasteiger partial charge < -0.3 is 14.6 Å². The second-order valence-corrected chi connectivity index (χ2v) is 7.00. The zero-order valence-electron chi connectivity index (χ0n) is 16.1. The van der Waals surface area contributed by atoms with E-state index in [1.54, 1.807) is 4.90 Å². The lowest BCUT2D eigenvalue weighted by molar-refractivity contribution is -0.134. The molecule has 0 fully saturated rings. The lowest BCUT2D eigenvalue weighted by Gasteiger charge is -2.25. The maximum absolute atomic E-state index is 12.7. The Bertz CT molecular complexity index is 716. The van der Waals surface area contributed by atoms with E-state index in [-0.39, 0.29) is 31.4 Å². The van der Waals surface area contributed by atoms with Crippen molar-refractivity contribution in [3.8, 4) is 10.8 Å². The van der Waals surface area contributed by atoms with Crippen molar-refractivity contribution in [2.75, 3.05) is 32.7 Å². The summed E-state index contributed by atoms with van der Waals surface area (Å²) in [5.41, 5.74) is 0. The molecular weight excluding hydrogens is 366 g/mol. The fourth-order valence-corrected chi connectivity index (χ4v) is 3.21. The Balaban J connectivity index is 1.98. The highest BCUT2D eigenvalue weighted by Gasteiger charge is 2.20. The number of likely N-dealkylation sites (N-methyl/N-ethyl adjacent to an activating group) is 2. The van der Waals surface area contributed by atoms with E-state index in [2.05, 4.69) is 15.5 Å². The first-order valence-corrected chi connectivity index (χ1v) is 10.1. The van der Waals surface area contributed by atoms with Crippen molar-refractivity contribution in [1.29, 1.82) is 0 Å². The zero-order valence-corrected chi connectivity index (χ0v) is 16.9. The predicted molar refractivity (Wildman–Crippen MR) is 104 cm³/mol. The highest BCUT2D eigenvalue weighted by atomic mass is 32.1. The number of aromatic nitrogens is 2. The first kappa shape index (κ1) is 21.0. The summed E-state index contributed by atoms with van der Waals surface area (Å²) < 4.78 is 5.70. The molecule has 0 aromatic carbocycles. The van der Waals surface area contributed by atoms with Crippen LogP contribution in [0.15, 0.2) is 21.9 Å². The van der Waals surface area contributed by atoms with E-state index in [9.17, 15) is 9.59 Å². The minimum absolute atomic E-state index is 0.0566. The molecule has 0 unspecified atom stereocenters. The molecule has 0 radical (unpaired) electrons. The second-order valence-electron chi connectivity index (χ2n) is 6.05. The molecule has 0 aliphatic carbocycles. The van der Waals surface area contributed by atoms with Gasteiger partial charge in [0.1, 0.15) is 0 Å². The van der Waals surface area contributed by atoms with Crippen LogP contribution in [0.1, 0.15) is 33.1 Å². The van der Waals surface area contributed by atoms with Crippen LogP contribution in [0.3, 0.4) is 0 Å². The molecule has 2 aromatic rings. The smallest absolute Gasteiger partial charge is 0.257 e. The lowest BCUT2D eigenvalue weighted by atomic mass is 10.3. The number of nitrogens with zero attached hydrogens (tertiary/aromatic N) is 4. The van der Waals surface area contributed by atoms with Gasteiger partial charge in [-0.2, -0.15) is 0 Å². The minimum atomic E-state index is -0.0771. The van der Waals surface area contributed by atoms with E-state index in [0.29, 0.717) is 31.4 Å². The van der Waals surface area contributed by atoms with Gasteiger partial charge in [-0.05, 0) is 31.3 Å².